The molecule has 1 amide bonds. The highest BCUT2D eigenvalue weighted by Gasteiger charge is 2.21. The molecule has 2 heterocycles. The van der Waals surface area contributed by atoms with Gasteiger partial charge >= 0.3 is 5.69 Å². The molecule has 1 aliphatic heterocycles. The van der Waals surface area contributed by atoms with Gasteiger partial charge in [0.1, 0.15) is 12.4 Å². The first-order valence-corrected chi connectivity index (χ1v) is 10.6. The Hall–Kier alpha value is -3.15. The molecule has 3 aromatic rings. The monoisotopic (exact) mass is 404 g/mol. The third-order valence-corrected chi connectivity index (χ3v) is 5.86. The minimum Gasteiger partial charge on any atom is -0.356 e. The Morgan fingerprint density at radius 1 is 1.10 bits per heavy atom. The zero-order chi connectivity index (χ0) is 21.1. The summed E-state index contributed by atoms with van der Waals surface area (Å²) in [7, 11) is 0. The SMILES string of the molecule is Cc1ccc(CNC(=O)Cn2c(=O)nc(N3CCC(C)CC3)c3ccccc32)cc1. The average molecular weight is 405 g/mol. The van der Waals surface area contributed by atoms with E-state index in [0.29, 0.717) is 12.5 Å². The first kappa shape index (κ1) is 20.1. The topological polar surface area (TPSA) is 67.2 Å². The lowest BCUT2D eigenvalue weighted by Gasteiger charge is -2.32. The molecule has 6 heteroatoms. The summed E-state index contributed by atoms with van der Waals surface area (Å²) in [5.41, 5.74) is 2.57. The number of nitrogens with zero attached hydrogens (tertiary/aromatic N) is 3. The highest BCUT2D eigenvalue weighted by Crippen LogP contribution is 2.27. The van der Waals surface area contributed by atoms with Crippen LogP contribution in [-0.2, 0) is 17.9 Å². The number of fused-ring (bicyclic) bond motifs is 1. The summed E-state index contributed by atoms with van der Waals surface area (Å²) in [6, 6.07) is 15.7. The van der Waals surface area contributed by atoms with Gasteiger partial charge in [0.25, 0.3) is 0 Å². The number of rotatable bonds is 5. The number of benzene rings is 2. The average Bonchev–Trinajstić information content (AvgIpc) is 2.76. The number of hydrogen-bond acceptors (Lipinski definition) is 4. The molecule has 6 nitrogen and oxygen atoms in total. The van der Waals surface area contributed by atoms with Crippen LogP contribution in [0.2, 0.25) is 0 Å². The zero-order valence-corrected chi connectivity index (χ0v) is 17.6. The van der Waals surface area contributed by atoms with Gasteiger partial charge in [-0.05, 0) is 43.4 Å². The lowest BCUT2D eigenvalue weighted by Crippen LogP contribution is -2.37. The molecule has 2 aromatic carbocycles. The van der Waals surface area contributed by atoms with Crippen molar-refractivity contribution in [3.8, 4) is 0 Å². The second-order valence-corrected chi connectivity index (χ2v) is 8.25. The van der Waals surface area contributed by atoms with E-state index in [2.05, 4.69) is 22.1 Å². The van der Waals surface area contributed by atoms with Gasteiger partial charge in [-0.15, -0.1) is 0 Å². The Balaban J connectivity index is 1.56. The normalized spacial score (nSPS) is 14.8. The third kappa shape index (κ3) is 4.37. The molecule has 0 radical (unpaired) electrons. The Morgan fingerprint density at radius 3 is 2.53 bits per heavy atom. The van der Waals surface area contributed by atoms with Gasteiger partial charge in [0.15, 0.2) is 0 Å². The van der Waals surface area contributed by atoms with Crippen LogP contribution in [0.4, 0.5) is 5.82 Å². The maximum Gasteiger partial charge on any atom is 0.350 e. The lowest BCUT2D eigenvalue weighted by atomic mass is 9.99. The quantitative estimate of drug-likeness (QED) is 0.709. The van der Waals surface area contributed by atoms with Crippen LogP contribution >= 0.6 is 0 Å². The number of carbonyl (C=O) groups excluding carboxylic acids is 1. The van der Waals surface area contributed by atoms with Crippen LogP contribution in [0.1, 0.15) is 30.9 Å². The molecule has 1 N–H and O–H groups in total. The van der Waals surface area contributed by atoms with Gasteiger partial charge in [0.05, 0.1) is 5.52 Å². The summed E-state index contributed by atoms with van der Waals surface area (Å²) in [4.78, 5) is 32.0. The van der Waals surface area contributed by atoms with E-state index in [0.717, 1.165) is 48.2 Å². The molecule has 4 rings (SSSR count). The van der Waals surface area contributed by atoms with Crippen LogP contribution < -0.4 is 15.9 Å². The van der Waals surface area contributed by atoms with E-state index in [-0.39, 0.29) is 18.1 Å². The fraction of sp³-hybridized carbons (Fsp3) is 0.375. The van der Waals surface area contributed by atoms with E-state index in [9.17, 15) is 9.59 Å². The van der Waals surface area contributed by atoms with E-state index in [1.165, 1.54) is 10.1 Å². The standard InChI is InChI=1S/C24H28N4O2/c1-17-7-9-19(10-8-17)15-25-22(29)16-28-21-6-4-3-5-20(21)23(26-24(28)30)27-13-11-18(2)12-14-27/h3-10,18H,11-16H2,1-2H3,(H,25,29). The zero-order valence-electron chi connectivity index (χ0n) is 17.6. The predicted octanol–water partition coefficient (Wildman–Crippen LogP) is 3.26. The van der Waals surface area contributed by atoms with Gasteiger partial charge in [-0.25, -0.2) is 4.79 Å². The molecule has 0 unspecified atom stereocenters. The van der Waals surface area contributed by atoms with Gasteiger partial charge in [0.2, 0.25) is 5.91 Å². The number of piperidine rings is 1. The van der Waals surface area contributed by atoms with Crippen molar-refractivity contribution in [1.82, 2.24) is 14.9 Å². The van der Waals surface area contributed by atoms with E-state index < -0.39 is 0 Å². The van der Waals surface area contributed by atoms with Gasteiger partial charge < -0.3 is 10.2 Å². The highest BCUT2D eigenvalue weighted by molar-refractivity contribution is 5.90. The molecule has 1 aliphatic rings. The summed E-state index contributed by atoms with van der Waals surface area (Å²) < 4.78 is 1.47. The van der Waals surface area contributed by atoms with Crippen LogP contribution in [0.25, 0.3) is 10.9 Å². The molecule has 156 valence electrons. The third-order valence-electron chi connectivity index (χ3n) is 5.86. The smallest absolute Gasteiger partial charge is 0.350 e. The van der Waals surface area contributed by atoms with Crippen molar-refractivity contribution >= 4 is 22.6 Å². The molecular weight excluding hydrogens is 376 g/mol. The second kappa shape index (κ2) is 8.69. The number of aryl methyl sites for hydroxylation is 1. The maximum absolute atomic E-state index is 12.9. The molecule has 30 heavy (non-hydrogen) atoms. The van der Waals surface area contributed by atoms with E-state index >= 15 is 0 Å². The fourth-order valence-electron chi connectivity index (χ4n) is 3.93. The molecule has 0 saturated carbocycles. The maximum atomic E-state index is 12.9. The number of hydrogen-bond donors (Lipinski definition) is 1. The Labute approximate surface area is 176 Å². The van der Waals surface area contributed by atoms with Crippen molar-refractivity contribution in [2.45, 2.75) is 39.8 Å². The lowest BCUT2D eigenvalue weighted by molar-refractivity contribution is -0.121. The summed E-state index contributed by atoms with van der Waals surface area (Å²) in [6.45, 7) is 6.48. The number of anilines is 1. The summed E-state index contributed by atoms with van der Waals surface area (Å²) in [5, 5.41) is 3.82. The highest BCUT2D eigenvalue weighted by atomic mass is 16.2. The Kier molecular flexibility index (Phi) is 5.84. The van der Waals surface area contributed by atoms with Crippen LogP contribution in [-0.4, -0.2) is 28.5 Å². The van der Waals surface area contributed by atoms with Crippen molar-refractivity contribution < 1.29 is 4.79 Å². The fourth-order valence-corrected chi connectivity index (χ4v) is 3.93. The summed E-state index contributed by atoms with van der Waals surface area (Å²) >= 11 is 0. The molecule has 0 aliphatic carbocycles. The largest absolute Gasteiger partial charge is 0.356 e. The van der Waals surface area contributed by atoms with Crippen LogP contribution in [0, 0.1) is 12.8 Å². The number of nitrogens with one attached hydrogen (secondary N) is 1. The second-order valence-electron chi connectivity index (χ2n) is 8.25. The van der Waals surface area contributed by atoms with Crippen LogP contribution in [0.15, 0.2) is 53.3 Å². The first-order chi connectivity index (χ1) is 14.5. The number of amides is 1. The van der Waals surface area contributed by atoms with Crippen molar-refractivity contribution in [1.29, 1.82) is 0 Å². The molecule has 1 aromatic heterocycles. The van der Waals surface area contributed by atoms with E-state index in [4.69, 9.17) is 0 Å². The van der Waals surface area contributed by atoms with Crippen molar-refractivity contribution in [3.05, 3.63) is 70.1 Å². The molecule has 0 atom stereocenters. The van der Waals surface area contributed by atoms with Gasteiger partial charge in [-0.3, -0.25) is 9.36 Å². The Morgan fingerprint density at radius 2 is 1.80 bits per heavy atom. The first-order valence-electron chi connectivity index (χ1n) is 10.6. The minimum absolute atomic E-state index is 0.0461. The molecule has 0 bridgehead atoms. The van der Waals surface area contributed by atoms with Gasteiger partial charge in [-0.1, -0.05) is 48.9 Å². The van der Waals surface area contributed by atoms with Crippen LogP contribution in [0.3, 0.4) is 0 Å². The number of carbonyl (C=O) groups is 1. The minimum atomic E-state index is -0.382. The summed E-state index contributed by atoms with van der Waals surface area (Å²) in [5.74, 6) is 1.23. The molecule has 1 saturated heterocycles. The van der Waals surface area contributed by atoms with Crippen molar-refractivity contribution in [2.24, 2.45) is 5.92 Å². The summed E-state index contributed by atoms with van der Waals surface area (Å²) in [6.07, 6.45) is 2.20. The number of aromatic nitrogens is 2. The van der Waals surface area contributed by atoms with Gasteiger partial charge in [0, 0.05) is 25.0 Å². The van der Waals surface area contributed by atoms with Crippen LogP contribution in [0.5, 0.6) is 0 Å². The predicted molar refractivity (Wildman–Crippen MR) is 120 cm³/mol. The Bertz CT molecular complexity index is 1100. The van der Waals surface area contributed by atoms with Gasteiger partial charge in [-0.2, -0.15) is 4.98 Å². The van der Waals surface area contributed by atoms with Crippen molar-refractivity contribution in [3.63, 3.8) is 0 Å². The van der Waals surface area contributed by atoms with E-state index in [1.54, 1.807) is 0 Å². The molecular formula is C24H28N4O2. The van der Waals surface area contributed by atoms with Crippen molar-refractivity contribution in [2.75, 3.05) is 18.0 Å². The molecule has 1 fully saturated rings. The van der Waals surface area contributed by atoms with E-state index in [1.807, 2.05) is 55.5 Å². The number of para-hydroxylation sites is 1. The molecule has 0 spiro atoms.